The van der Waals surface area contributed by atoms with Crippen molar-refractivity contribution < 1.29 is 9.90 Å². The molecule has 0 aliphatic rings. The Hall–Kier alpha value is -1.39. The second-order valence-electron chi connectivity index (χ2n) is 4.76. The van der Waals surface area contributed by atoms with Gasteiger partial charge in [-0.1, -0.05) is 44.2 Å². The molecule has 0 aromatic heterocycles. The van der Waals surface area contributed by atoms with Crippen LogP contribution in [0, 0.1) is 5.92 Å². The minimum absolute atomic E-state index is 0.0442. The molecule has 1 aromatic carbocycles. The molecule has 1 amide bonds. The molecule has 2 atom stereocenters. The lowest BCUT2D eigenvalue weighted by molar-refractivity contribution is -0.123. The highest BCUT2D eigenvalue weighted by atomic mass is 16.3. The Morgan fingerprint density at radius 1 is 1.33 bits per heavy atom. The van der Waals surface area contributed by atoms with Gasteiger partial charge in [-0.25, -0.2) is 0 Å². The lowest BCUT2D eigenvalue weighted by atomic mass is 10.00. The number of aliphatic hydroxyl groups is 1. The average Bonchev–Trinajstić information content (AvgIpc) is 2.38. The molecule has 1 rings (SSSR count). The lowest BCUT2D eigenvalue weighted by Gasteiger charge is -2.23. The first kappa shape index (κ1) is 14.7. The smallest absolute Gasteiger partial charge is 0.241 e. The Balaban J connectivity index is 2.64. The van der Waals surface area contributed by atoms with E-state index in [2.05, 4.69) is 5.32 Å². The minimum Gasteiger partial charge on any atom is -0.396 e. The van der Waals surface area contributed by atoms with Crippen molar-refractivity contribution in [2.75, 3.05) is 6.61 Å². The van der Waals surface area contributed by atoms with Gasteiger partial charge in [-0.2, -0.15) is 0 Å². The van der Waals surface area contributed by atoms with Crippen LogP contribution in [0.3, 0.4) is 0 Å². The standard InChI is InChI=1S/C14H22N2O2/c1-10(2)12(8-9-17)16-14(18)13(15)11-6-4-3-5-7-11/h3-7,10,12-13,17H,8-9,15H2,1-2H3,(H,16,18)/t12?,13-/m0/s1. The largest absolute Gasteiger partial charge is 0.396 e. The monoisotopic (exact) mass is 250 g/mol. The van der Waals surface area contributed by atoms with Crippen LogP contribution in [0.5, 0.6) is 0 Å². The van der Waals surface area contributed by atoms with Gasteiger partial charge in [-0.05, 0) is 17.9 Å². The van der Waals surface area contributed by atoms with Gasteiger partial charge in [0.05, 0.1) is 0 Å². The lowest BCUT2D eigenvalue weighted by Crippen LogP contribution is -2.43. The number of hydrogen-bond acceptors (Lipinski definition) is 3. The average molecular weight is 250 g/mol. The number of amides is 1. The summed E-state index contributed by atoms with van der Waals surface area (Å²) in [6, 6.07) is 8.56. The second-order valence-corrected chi connectivity index (χ2v) is 4.76. The third-order valence-corrected chi connectivity index (χ3v) is 3.01. The van der Waals surface area contributed by atoms with E-state index in [1.807, 2.05) is 44.2 Å². The van der Waals surface area contributed by atoms with E-state index < -0.39 is 6.04 Å². The van der Waals surface area contributed by atoms with E-state index in [9.17, 15) is 4.79 Å². The third-order valence-electron chi connectivity index (χ3n) is 3.01. The summed E-state index contributed by atoms with van der Waals surface area (Å²) < 4.78 is 0. The van der Waals surface area contributed by atoms with Crippen LogP contribution in [0.25, 0.3) is 0 Å². The molecule has 0 saturated carbocycles. The Morgan fingerprint density at radius 3 is 2.44 bits per heavy atom. The topological polar surface area (TPSA) is 75.3 Å². The highest BCUT2D eigenvalue weighted by molar-refractivity contribution is 5.83. The quantitative estimate of drug-likeness (QED) is 0.710. The van der Waals surface area contributed by atoms with Gasteiger partial charge in [0.1, 0.15) is 6.04 Å². The third kappa shape index (κ3) is 4.13. The molecule has 0 spiro atoms. The molecule has 100 valence electrons. The van der Waals surface area contributed by atoms with Crippen LogP contribution in [0.2, 0.25) is 0 Å². The van der Waals surface area contributed by atoms with E-state index in [1.54, 1.807) is 0 Å². The van der Waals surface area contributed by atoms with Gasteiger partial charge in [0.25, 0.3) is 0 Å². The molecule has 0 saturated heterocycles. The van der Waals surface area contributed by atoms with Gasteiger partial charge >= 0.3 is 0 Å². The number of nitrogens with one attached hydrogen (secondary N) is 1. The van der Waals surface area contributed by atoms with E-state index >= 15 is 0 Å². The summed E-state index contributed by atoms with van der Waals surface area (Å²) in [5.41, 5.74) is 6.70. The summed E-state index contributed by atoms with van der Waals surface area (Å²) >= 11 is 0. The number of carbonyl (C=O) groups excluding carboxylic acids is 1. The van der Waals surface area contributed by atoms with Crippen molar-refractivity contribution in [1.29, 1.82) is 0 Å². The summed E-state index contributed by atoms with van der Waals surface area (Å²) in [6.07, 6.45) is 0.547. The van der Waals surface area contributed by atoms with Crippen molar-refractivity contribution in [2.24, 2.45) is 11.7 Å². The maximum absolute atomic E-state index is 12.0. The normalized spacial score (nSPS) is 14.3. The van der Waals surface area contributed by atoms with Gasteiger partial charge in [-0.3, -0.25) is 4.79 Å². The summed E-state index contributed by atoms with van der Waals surface area (Å²) in [6.45, 7) is 4.08. The van der Waals surface area contributed by atoms with Crippen LogP contribution < -0.4 is 11.1 Å². The molecule has 4 nitrogen and oxygen atoms in total. The molecule has 0 aliphatic carbocycles. The van der Waals surface area contributed by atoms with Crippen molar-refractivity contribution in [3.63, 3.8) is 0 Å². The first-order valence-electron chi connectivity index (χ1n) is 6.28. The highest BCUT2D eigenvalue weighted by Crippen LogP contribution is 2.12. The van der Waals surface area contributed by atoms with E-state index in [0.717, 1.165) is 5.56 Å². The maximum Gasteiger partial charge on any atom is 0.241 e. The first-order valence-corrected chi connectivity index (χ1v) is 6.28. The van der Waals surface area contributed by atoms with Crippen LogP contribution in [-0.2, 0) is 4.79 Å². The molecule has 0 heterocycles. The highest BCUT2D eigenvalue weighted by Gasteiger charge is 2.20. The first-order chi connectivity index (χ1) is 8.56. The SMILES string of the molecule is CC(C)C(CCO)NC(=O)[C@@H](N)c1ccccc1. The molecule has 1 aromatic rings. The van der Waals surface area contributed by atoms with Crippen LogP contribution in [-0.4, -0.2) is 23.7 Å². The fourth-order valence-electron chi connectivity index (χ4n) is 1.80. The number of rotatable bonds is 6. The summed E-state index contributed by atoms with van der Waals surface area (Å²) in [4.78, 5) is 12.0. The molecule has 4 heteroatoms. The van der Waals surface area contributed by atoms with Crippen LogP contribution in [0.1, 0.15) is 31.9 Å². The van der Waals surface area contributed by atoms with Crippen LogP contribution >= 0.6 is 0 Å². The van der Waals surface area contributed by atoms with Crippen molar-refractivity contribution >= 4 is 5.91 Å². The molecular formula is C14H22N2O2. The molecular weight excluding hydrogens is 228 g/mol. The van der Waals surface area contributed by atoms with Crippen LogP contribution in [0.4, 0.5) is 0 Å². The zero-order valence-corrected chi connectivity index (χ0v) is 11.0. The van der Waals surface area contributed by atoms with E-state index in [4.69, 9.17) is 10.8 Å². The fraction of sp³-hybridized carbons (Fsp3) is 0.500. The fourth-order valence-corrected chi connectivity index (χ4v) is 1.80. The van der Waals surface area contributed by atoms with Gasteiger partial charge in [0, 0.05) is 12.6 Å². The zero-order chi connectivity index (χ0) is 13.5. The van der Waals surface area contributed by atoms with Crippen LogP contribution in [0.15, 0.2) is 30.3 Å². The number of nitrogens with two attached hydrogens (primary N) is 1. The molecule has 1 unspecified atom stereocenters. The van der Waals surface area contributed by atoms with E-state index in [1.165, 1.54) is 0 Å². The molecule has 18 heavy (non-hydrogen) atoms. The molecule has 4 N–H and O–H groups in total. The maximum atomic E-state index is 12.0. The Kier molecular flexibility index (Phi) is 5.82. The minimum atomic E-state index is -0.661. The summed E-state index contributed by atoms with van der Waals surface area (Å²) in [5, 5.41) is 11.9. The predicted octanol–water partition coefficient (Wildman–Crippen LogP) is 1.21. The number of aliphatic hydroxyl groups excluding tert-OH is 1. The summed E-state index contributed by atoms with van der Waals surface area (Å²) in [7, 11) is 0. The van der Waals surface area contributed by atoms with Crippen molar-refractivity contribution in [3.8, 4) is 0 Å². The van der Waals surface area contributed by atoms with Gasteiger partial charge in [0.2, 0.25) is 5.91 Å². The Labute approximate surface area is 108 Å². The van der Waals surface area contributed by atoms with E-state index in [0.29, 0.717) is 6.42 Å². The van der Waals surface area contributed by atoms with Crippen molar-refractivity contribution in [2.45, 2.75) is 32.4 Å². The van der Waals surface area contributed by atoms with Gasteiger partial charge in [0.15, 0.2) is 0 Å². The van der Waals surface area contributed by atoms with Crippen molar-refractivity contribution in [1.82, 2.24) is 5.32 Å². The van der Waals surface area contributed by atoms with E-state index in [-0.39, 0.29) is 24.5 Å². The number of carbonyl (C=O) groups is 1. The molecule has 0 radical (unpaired) electrons. The molecule has 0 aliphatic heterocycles. The second kappa shape index (κ2) is 7.13. The van der Waals surface area contributed by atoms with Gasteiger partial charge < -0.3 is 16.2 Å². The molecule has 0 fully saturated rings. The predicted molar refractivity (Wildman–Crippen MR) is 71.8 cm³/mol. The van der Waals surface area contributed by atoms with Crippen molar-refractivity contribution in [3.05, 3.63) is 35.9 Å². The number of hydrogen-bond donors (Lipinski definition) is 3. The molecule has 0 bridgehead atoms. The Bertz CT molecular complexity index is 365. The number of benzene rings is 1. The summed E-state index contributed by atoms with van der Waals surface area (Å²) in [5.74, 6) is 0.0671. The Morgan fingerprint density at radius 2 is 1.94 bits per heavy atom. The van der Waals surface area contributed by atoms with Gasteiger partial charge in [-0.15, -0.1) is 0 Å². The zero-order valence-electron chi connectivity index (χ0n) is 11.0.